The van der Waals surface area contributed by atoms with E-state index in [0.29, 0.717) is 6.42 Å². The summed E-state index contributed by atoms with van der Waals surface area (Å²) < 4.78 is 36.2. The van der Waals surface area contributed by atoms with Crippen LogP contribution >= 0.6 is 7.82 Å². The molecule has 1 aliphatic heterocycles. The lowest BCUT2D eigenvalue weighted by atomic mass is 9.87. The molecule has 10 nitrogen and oxygen atoms in total. The predicted octanol–water partition coefficient (Wildman–Crippen LogP) is 2.47. The SMILES string of the molecule is CO[C@H]1C(OP(=O)(O)OC(C)(C)C)[C@@H](CC(C)(C)C)O[C@H]1n1ccc(N)nc1=O. The van der Waals surface area contributed by atoms with E-state index in [0.717, 1.165) is 0 Å². The van der Waals surface area contributed by atoms with Crippen LogP contribution in [0.3, 0.4) is 0 Å². The first-order valence-electron chi connectivity index (χ1n) is 9.37. The van der Waals surface area contributed by atoms with Crippen molar-refractivity contribution in [2.45, 2.75) is 78.1 Å². The maximum Gasteiger partial charge on any atom is 0.473 e. The Kier molecular flexibility index (Phi) is 6.99. The molecule has 11 heteroatoms. The number of nitrogens with two attached hydrogens (primary N) is 1. The number of aromatic nitrogens is 2. The molecule has 0 spiro atoms. The van der Waals surface area contributed by atoms with Crippen LogP contribution in [0, 0.1) is 5.41 Å². The molecular weight excluding hydrogens is 401 g/mol. The summed E-state index contributed by atoms with van der Waals surface area (Å²) in [4.78, 5) is 26.3. The molecule has 0 amide bonds. The van der Waals surface area contributed by atoms with Crippen LogP contribution in [0.15, 0.2) is 17.1 Å². The van der Waals surface area contributed by atoms with Crippen LogP contribution in [0.5, 0.6) is 0 Å². The molecule has 5 atom stereocenters. The Morgan fingerprint density at radius 2 is 1.90 bits per heavy atom. The van der Waals surface area contributed by atoms with E-state index in [1.807, 2.05) is 20.8 Å². The van der Waals surface area contributed by atoms with E-state index < -0.39 is 43.7 Å². The molecule has 0 radical (unpaired) electrons. The minimum atomic E-state index is -4.44. The molecule has 0 aromatic carbocycles. The molecule has 29 heavy (non-hydrogen) atoms. The largest absolute Gasteiger partial charge is 0.473 e. The molecule has 1 saturated heterocycles. The highest BCUT2D eigenvalue weighted by molar-refractivity contribution is 7.47. The fourth-order valence-corrected chi connectivity index (χ4v) is 4.52. The molecule has 1 aliphatic rings. The van der Waals surface area contributed by atoms with Crippen LogP contribution in [0.1, 0.15) is 54.2 Å². The van der Waals surface area contributed by atoms with Crippen molar-refractivity contribution in [3.8, 4) is 0 Å². The van der Waals surface area contributed by atoms with Crippen LogP contribution in [0.4, 0.5) is 5.82 Å². The Balaban J connectivity index is 2.41. The monoisotopic (exact) mass is 433 g/mol. The second-order valence-electron chi connectivity index (χ2n) is 9.31. The van der Waals surface area contributed by atoms with E-state index in [1.165, 1.54) is 23.9 Å². The number of nitrogen functional groups attached to an aromatic ring is 1. The van der Waals surface area contributed by atoms with Gasteiger partial charge in [0.1, 0.15) is 18.0 Å². The summed E-state index contributed by atoms with van der Waals surface area (Å²) in [6.45, 7) is 10.9. The molecule has 2 heterocycles. The van der Waals surface area contributed by atoms with Crippen molar-refractivity contribution >= 4 is 13.6 Å². The van der Waals surface area contributed by atoms with Crippen LogP contribution in [0.2, 0.25) is 0 Å². The lowest BCUT2D eigenvalue weighted by Crippen LogP contribution is -2.39. The van der Waals surface area contributed by atoms with Crippen molar-refractivity contribution in [2.75, 3.05) is 12.8 Å². The number of rotatable bonds is 6. The fourth-order valence-electron chi connectivity index (χ4n) is 3.22. The first-order valence-corrected chi connectivity index (χ1v) is 10.9. The Morgan fingerprint density at radius 1 is 1.28 bits per heavy atom. The second-order valence-corrected chi connectivity index (χ2v) is 10.6. The third-order valence-corrected chi connectivity index (χ3v) is 5.43. The van der Waals surface area contributed by atoms with E-state index in [-0.39, 0.29) is 11.2 Å². The van der Waals surface area contributed by atoms with E-state index in [9.17, 15) is 14.3 Å². The van der Waals surface area contributed by atoms with Crippen molar-refractivity contribution in [3.63, 3.8) is 0 Å². The summed E-state index contributed by atoms with van der Waals surface area (Å²) in [6.07, 6.45) is -1.41. The van der Waals surface area contributed by atoms with Gasteiger partial charge in [-0.2, -0.15) is 4.98 Å². The second kappa shape index (κ2) is 8.45. The van der Waals surface area contributed by atoms with Gasteiger partial charge >= 0.3 is 13.5 Å². The zero-order valence-electron chi connectivity index (χ0n) is 18.0. The molecular formula is C18H32N3O7P. The lowest BCUT2D eigenvalue weighted by molar-refractivity contribution is -0.0593. The first kappa shape index (κ1) is 24.0. The molecule has 0 saturated carbocycles. The summed E-state index contributed by atoms with van der Waals surface area (Å²) in [5, 5.41) is 0. The van der Waals surface area contributed by atoms with Gasteiger partial charge in [0.15, 0.2) is 6.23 Å². The number of hydrogen-bond acceptors (Lipinski definition) is 8. The maximum absolute atomic E-state index is 12.6. The molecule has 0 bridgehead atoms. The van der Waals surface area contributed by atoms with Crippen molar-refractivity contribution in [1.82, 2.24) is 9.55 Å². The van der Waals surface area contributed by atoms with Crippen LogP contribution in [-0.2, 0) is 23.1 Å². The normalized spacial score (nSPS) is 27.7. The van der Waals surface area contributed by atoms with Crippen molar-refractivity contribution < 1.29 is 28.0 Å². The third kappa shape index (κ3) is 6.60. The van der Waals surface area contributed by atoms with Crippen LogP contribution in [-0.4, -0.2) is 45.5 Å². The van der Waals surface area contributed by atoms with E-state index in [4.69, 9.17) is 24.3 Å². The number of phosphoric acid groups is 1. The number of methoxy groups -OCH3 is 1. The quantitative estimate of drug-likeness (QED) is 0.649. The topological polar surface area (TPSA) is 135 Å². The molecule has 2 unspecified atom stereocenters. The number of hydrogen-bond donors (Lipinski definition) is 2. The maximum atomic E-state index is 12.6. The van der Waals surface area contributed by atoms with Gasteiger partial charge in [-0.15, -0.1) is 0 Å². The van der Waals surface area contributed by atoms with Gasteiger partial charge in [0, 0.05) is 13.3 Å². The fraction of sp³-hybridized carbons (Fsp3) is 0.778. The Morgan fingerprint density at radius 3 is 2.38 bits per heavy atom. The summed E-state index contributed by atoms with van der Waals surface area (Å²) in [7, 11) is -3.02. The predicted molar refractivity (Wildman–Crippen MR) is 107 cm³/mol. The molecule has 1 aromatic rings. The lowest BCUT2D eigenvalue weighted by Gasteiger charge is -2.30. The van der Waals surface area contributed by atoms with E-state index in [1.54, 1.807) is 20.8 Å². The summed E-state index contributed by atoms with van der Waals surface area (Å²) >= 11 is 0. The number of ether oxygens (including phenoxy) is 2. The number of anilines is 1. The number of phosphoric ester groups is 1. The van der Waals surface area contributed by atoms with E-state index >= 15 is 0 Å². The van der Waals surface area contributed by atoms with Gasteiger partial charge in [-0.25, -0.2) is 9.36 Å². The first-order chi connectivity index (χ1) is 13.1. The Bertz CT molecular complexity index is 815. The van der Waals surface area contributed by atoms with Gasteiger partial charge in [0.25, 0.3) is 0 Å². The van der Waals surface area contributed by atoms with Crippen molar-refractivity contribution in [2.24, 2.45) is 5.41 Å². The Labute approximate surface area is 170 Å². The van der Waals surface area contributed by atoms with Crippen LogP contribution in [0.25, 0.3) is 0 Å². The van der Waals surface area contributed by atoms with Gasteiger partial charge in [0.05, 0.1) is 11.7 Å². The highest BCUT2D eigenvalue weighted by atomic mass is 31.2. The van der Waals surface area contributed by atoms with Crippen LogP contribution < -0.4 is 11.4 Å². The summed E-state index contributed by atoms with van der Waals surface area (Å²) in [5.41, 5.74) is 3.86. The van der Waals surface area contributed by atoms with Crippen molar-refractivity contribution in [3.05, 3.63) is 22.7 Å². The molecule has 2 rings (SSSR count). The van der Waals surface area contributed by atoms with Gasteiger partial charge in [0.2, 0.25) is 0 Å². The molecule has 0 aliphatic carbocycles. The van der Waals surface area contributed by atoms with E-state index in [2.05, 4.69) is 4.98 Å². The number of nitrogens with zero attached hydrogens (tertiary/aromatic N) is 2. The average molecular weight is 433 g/mol. The van der Waals surface area contributed by atoms with Gasteiger partial charge in [-0.3, -0.25) is 13.6 Å². The van der Waals surface area contributed by atoms with Gasteiger partial charge < -0.3 is 20.1 Å². The Hall–Kier alpha value is -1.29. The van der Waals surface area contributed by atoms with Gasteiger partial charge in [-0.1, -0.05) is 20.8 Å². The zero-order valence-corrected chi connectivity index (χ0v) is 18.9. The molecule has 166 valence electrons. The minimum Gasteiger partial charge on any atom is -0.383 e. The average Bonchev–Trinajstić information content (AvgIpc) is 2.79. The van der Waals surface area contributed by atoms with Gasteiger partial charge in [-0.05, 0) is 38.7 Å². The molecule has 1 fully saturated rings. The highest BCUT2D eigenvalue weighted by Gasteiger charge is 2.51. The minimum absolute atomic E-state index is 0.0793. The smallest absolute Gasteiger partial charge is 0.383 e. The standard InChI is InChI=1S/C18H32N3O7P/c1-17(2,3)10-11-13(27-29(23,24)28-18(4,5)6)14(25-7)15(26-11)21-9-8-12(19)20-16(21)22/h8-9,11,13-15H,10H2,1-7H3,(H,23,24)(H2,19,20,22)/t11-,13?,14+,15-/m1/s1. The molecule has 1 aromatic heterocycles. The highest BCUT2D eigenvalue weighted by Crippen LogP contribution is 2.52. The van der Waals surface area contributed by atoms with Crippen molar-refractivity contribution in [1.29, 1.82) is 0 Å². The third-order valence-electron chi connectivity index (χ3n) is 4.14. The summed E-state index contributed by atoms with van der Waals surface area (Å²) in [5.74, 6) is 0.0793. The summed E-state index contributed by atoms with van der Waals surface area (Å²) in [6, 6.07) is 1.46. The molecule has 3 N–H and O–H groups in total. The zero-order chi connectivity index (χ0) is 22.2.